The van der Waals surface area contributed by atoms with Gasteiger partial charge in [0.25, 0.3) is 0 Å². The van der Waals surface area contributed by atoms with Gasteiger partial charge in [0.1, 0.15) is 12.6 Å². The first-order valence-electron chi connectivity index (χ1n) is 9.19. The van der Waals surface area contributed by atoms with Crippen LogP contribution in [-0.2, 0) is 14.3 Å². The molecule has 1 heterocycles. The lowest BCUT2D eigenvalue weighted by Gasteiger charge is -2.34. The van der Waals surface area contributed by atoms with Gasteiger partial charge in [-0.1, -0.05) is 63.8 Å². The van der Waals surface area contributed by atoms with E-state index in [1.165, 1.54) is 11.0 Å². The molecule has 0 aromatic heterocycles. The van der Waals surface area contributed by atoms with Crippen LogP contribution in [0.4, 0.5) is 4.79 Å². The van der Waals surface area contributed by atoms with E-state index < -0.39 is 41.6 Å². The maximum absolute atomic E-state index is 12.9. The maximum Gasteiger partial charge on any atom is 0.411 e. The highest BCUT2D eigenvalue weighted by molar-refractivity contribution is 5.83. The van der Waals surface area contributed by atoms with Crippen molar-refractivity contribution in [2.45, 2.75) is 45.9 Å². The van der Waals surface area contributed by atoms with Gasteiger partial charge in [0, 0.05) is 5.92 Å². The van der Waals surface area contributed by atoms with E-state index in [1.54, 1.807) is 6.92 Å². The molecule has 27 heavy (non-hydrogen) atoms. The van der Waals surface area contributed by atoms with Crippen molar-refractivity contribution in [3.05, 3.63) is 48.6 Å². The number of ether oxygens (including phenoxy) is 2. The van der Waals surface area contributed by atoms with Gasteiger partial charge in [0.2, 0.25) is 0 Å². The van der Waals surface area contributed by atoms with Crippen molar-refractivity contribution in [2.24, 2.45) is 11.3 Å². The van der Waals surface area contributed by atoms with E-state index in [1.807, 2.05) is 51.1 Å². The third-order valence-electron chi connectivity index (χ3n) is 4.84. The standard InChI is InChI=1S/C21H29NO5/c1-6-13-27-20(25)22-16(14-11-9-8-10-12-14)18(23)15(21(3,4)5)17(22)19(24)26-7-2/h6,8-12,15-18,23H,1,7,13H2,2-5H3/t15-,16+,17+,18+/m1/s1. The average Bonchev–Trinajstić information content (AvgIpc) is 2.94. The van der Waals surface area contributed by atoms with Crippen molar-refractivity contribution < 1.29 is 24.2 Å². The molecule has 1 amide bonds. The van der Waals surface area contributed by atoms with Gasteiger partial charge in [0.05, 0.1) is 18.8 Å². The third kappa shape index (κ3) is 4.33. The molecule has 0 spiro atoms. The molecule has 148 valence electrons. The van der Waals surface area contributed by atoms with E-state index in [9.17, 15) is 14.7 Å². The molecule has 0 radical (unpaired) electrons. The van der Waals surface area contributed by atoms with Gasteiger partial charge in [-0.05, 0) is 17.9 Å². The molecule has 0 saturated carbocycles. The van der Waals surface area contributed by atoms with Gasteiger partial charge in [-0.2, -0.15) is 0 Å². The topological polar surface area (TPSA) is 76.1 Å². The van der Waals surface area contributed by atoms with E-state index in [0.717, 1.165) is 5.56 Å². The Labute approximate surface area is 160 Å². The zero-order valence-corrected chi connectivity index (χ0v) is 16.4. The quantitative estimate of drug-likeness (QED) is 0.631. The fraction of sp³-hybridized carbons (Fsp3) is 0.524. The highest BCUT2D eigenvalue weighted by atomic mass is 16.6. The number of carbonyl (C=O) groups excluding carboxylic acids is 2. The van der Waals surface area contributed by atoms with E-state index in [2.05, 4.69) is 6.58 Å². The Balaban J connectivity index is 2.57. The number of likely N-dealkylation sites (tertiary alicyclic amines) is 1. The van der Waals surface area contributed by atoms with Gasteiger partial charge in [-0.3, -0.25) is 4.90 Å². The van der Waals surface area contributed by atoms with Crippen LogP contribution < -0.4 is 0 Å². The minimum absolute atomic E-state index is 0.0165. The van der Waals surface area contributed by atoms with E-state index in [4.69, 9.17) is 9.47 Å². The predicted molar refractivity (Wildman–Crippen MR) is 102 cm³/mol. The summed E-state index contributed by atoms with van der Waals surface area (Å²) in [7, 11) is 0. The molecule has 1 aromatic carbocycles. The molecule has 1 aliphatic heterocycles. The number of benzene rings is 1. The third-order valence-corrected chi connectivity index (χ3v) is 4.84. The number of aliphatic hydroxyl groups is 1. The van der Waals surface area contributed by atoms with Crippen LogP contribution in [0.25, 0.3) is 0 Å². The molecule has 0 unspecified atom stereocenters. The lowest BCUT2D eigenvalue weighted by molar-refractivity contribution is -0.151. The Hall–Kier alpha value is -2.34. The Morgan fingerprint density at radius 3 is 2.37 bits per heavy atom. The van der Waals surface area contributed by atoms with E-state index in [0.29, 0.717) is 0 Å². The van der Waals surface area contributed by atoms with Crippen LogP contribution in [0.2, 0.25) is 0 Å². The average molecular weight is 375 g/mol. The SMILES string of the molecule is C=CCOC(=O)N1[C@H](C(=O)OCC)[C@@H](C(C)(C)C)[C@H](O)[C@@H]1c1ccccc1. The lowest BCUT2D eigenvalue weighted by Crippen LogP contribution is -2.48. The summed E-state index contributed by atoms with van der Waals surface area (Å²) in [6, 6.07) is 7.53. The summed E-state index contributed by atoms with van der Waals surface area (Å²) >= 11 is 0. The van der Waals surface area contributed by atoms with Gasteiger partial charge in [0.15, 0.2) is 0 Å². The molecule has 0 aliphatic carbocycles. The largest absolute Gasteiger partial charge is 0.464 e. The number of aliphatic hydroxyl groups excluding tert-OH is 1. The molecule has 1 aliphatic rings. The monoisotopic (exact) mass is 375 g/mol. The second-order valence-electron chi connectivity index (χ2n) is 7.71. The van der Waals surface area contributed by atoms with Gasteiger partial charge >= 0.3 is 12.1 Å². The van der Waals surface area contributed by atoms with Crippen LogP contribution >= 0.6 is 0 Å². The van der Waals surface area contributed by atoms with Crippen LogP contribution in [0.1, 0.15) is 39.3 Å². The second kappa shape index (κ2) is 8.57. The minimum Gasteiger partial charge on any atom is -0.464 e. The zero-order chi connectivity index (χ0) is 20.2. The maximum atomic E-state index is 12.9. The van der Waals surface area contributed by atoms with Crippen molar-refractivity contribution in [1.82, 2.24) is 4.90 Å². The smallest absolute Gasteiger partial charge is 0.411 e. The van der Waals surface area contributed by atoms with Crippen LogP contribution in [0.15, 0.2) is 43.0 Å². The minimum atomic E-state index is -0.946. The Morgan fingerprint density at radius 1 is 1.22 bits per heavy atom. The molecule has 6 heteroatoms. The van der Waals surface area contributed by atoms with E-state index >= 15 is 0 Å². The highest BCUT2D eigenvalue weighted by Gasteiger charge is 2.58. The van der Waals surface area contributed by atoms with Crippen molar-refractivity contribution in [2.75, 3.05) is 13.2 Å². The van der Waals surface area contributed by atoms with Crippen LogP contribution in [0.3, 0.4) is 0 Å². The molecule has 2 rings (SSSR count). The number of carbonyl (C=O) groups is 2. The van der Waals surface area contributed by atoms with Gasteiger partial charge in [-0.25, -0.2) is 9.59 Å². The van der Waals surface area contributed by atoms with Crippen molar-refractivity contribution in [3.63, 3.8) is 0 Å². The number of hydrogen-bond acceptors (Lipinski definition) is 5. The summed E-state index contributed by atoms with van der Waals surface area (Å²) in [6.07, 6.45) is -0.159. The number of nitrogens with zero attached hydrogens (tertiary/aromatic N) is 1. The summed E-state index contributed by atoms with van der Waals surface area (Å²) < 4.78 is 10.5. The number of rotatable bonds is 5. The highest BCUT2D eigenvalue weighted by Crippen LogP contribution is 2.48. The molecule has 0 bridgehead atoms. The van der Waals surface area contributed by atoms with Crippen LogP contribution in [-0.4, -0.2) is 47.4 Å². The summed E-state index contributed by atoms with van der Waals surface area (Å²) in [6.45, 7) is 11.3. The predicted octanol–water partition coefficient (Wildman–Crippen LogP) is 3.32. The Bertz CT molecular complexity index is 667. The summed E-state index contributed by atoms with van der Waals surface area (Å²) in [5.41, 5.74) is 0.291. The zero-order valence-electron chi connectivity index (χ0n) is 16.4. The summed E-state index contributed by atoms with van der Waals surface area (Å²) in [5, 5.41) is 11.2. The fourth-order valence-electron chi connectivity index (χ4n) is 3.81. The van der Waals surface area contributed by atoms with Gasteiger partial charge in [-0.15, -0.1) is 0 Å². The number of esters is 1. The molecule has 1 aromatic rings. The fourth-order valence-corrected chi connectivity index (χ4v) is 3.81. The number of amides is 1. The molecule has 1 N–H and O–H groups in total. The number of hydrogen-bond donors (Lipinski definition) is 1. The molecule has 1 saturated heterocycles. The van der Waals surface area contributed by atoms with Gasteiger partial charge < -0.3 is 14.6 Å². The van der Waals surface area contributed by atoms with Crippen molar-refractivity contribution in [3.8, 4) is 0 Å². The lowest BCUT2D eigenvalue weighted by atomic mass is 9.74. The summed E-state index contributed by atoms with van der Waals surface area (Å²) in [4.78, 5) is 27.0. The molecular weight excluding hydrogens is 346 g/mol. The van der Waals surface area contributed by atoms with Crippen molar-refractivity contribution >= 4 is 12.1 Å². The summed E-state index contributed by atoms with van der Waals surface area (Å²) in [5.74, 6) is -1.05. The molecular formula is C21H29NO5. The molecule has 1 fully saturated rings. The van der Waals surface area contributed by atoms with Crippen LogP contribution in [0, 0.1) is 11.3 Å². The molecule has 4 atom stereocenters. The van der Waals surface area contributed by atoms with Crippen molar-refractivity contribution in [1.29, 1.82) is 0 Å². The first kappa shape index (κ1) is 21.0. The normalized spacial score (nSPS) is 25.1. The Morgan fingerprint density at radius 2 is 1.85 bits per heavy atom. The van der Waals surface area contributed by atoms with Crippen LogP contribution in [0.5, 0.6) is 0 Å². The molecule has 6 nitrogen and oxygen atoms in total. The first-order chi connectivity index (χ1) is 12.7. The second-order valence-corrected chi connectivity index (χ2v) is 7.71. The Kier molecular flexibility index (Phi) is 6.65. The van der Waals surface area contributed by atoms with E-state index in [-0.39, 0.29) is 13.2 Å². The first-order valence-corrected chi connectivity index (χ1v) is 9.19.